The van der Waals surface area contributed by atoms with Crippen LogP contribution in [0, 0.1) is 0 Å². The Morgan fingerprint density at radius 3 is 2.00 bits per heavy atom. The van der Waals surface area contributed by atoms with Gasteiger partial charge in [0, 0.05) is 38.9 Å². The minimum Gasteiger partial charge on any atom is -0.310 e. The molecular weight excluding hydrogens is 544 g/mol. The minimum atomic E-state index is -0.0223. The van der Waals surface area contributed by atoms with Crippen LogP contribution in [0.15, 0.2) is 158 Å². The second-order valence-electron chi connectivity index (χ2n) is 12.7. The Balaban J connectivity index is 1.26. The molecule has 8 aromatic rings. The molecule has 0 saturated heterocycles. The van der Waals surface area contributed by atoms with Crippen LogP contribution in [0.1, 0.15) is 25.0 Å². The van der Waals surface area contributed by atoms with Gasteiger partial charge in [0.1, 0.15) is 0 Å². The van der Waals surface area contributed by atoms with Gasteiger partial charge in [0.2, 0.25) is 0 Å². The molecule has 0 atom stereocenters. The molecule has 214 valence electrons. The molecule has 1 aliphatic rings. The molecule has 1 aromatic heterocycles. The third-order valence-corrected chi connectivity index (χ3v) is 9.75. The van der Waals surface area contributed by atoms with E-state index in [1.807, 2.05) is 0 Å². The Morgan fingerprint density at radius 2 is 1.11 bits per heavy atom. The fraction of sp³-hybridized carbons (Fsp3) is 0.0698. The molecule has 1 heterocycles. The molecule has 0 N–H and O–H groups in total. The second-order valence-corrected chi connectivity index (χ2v) is 12.7. The van der Waals surface area contributed by atoms with Crippen molar-refractivity contribution in [3.63, 3.8) is 0 Å². The summed E-state index contributed by atoms with van der Waals surface area (Å²) in [5, 5.41) is 4.99. The van der Waals surface area contributed by atoms with Gasteiger partial charge in [-0.1, -0.05) is 111 Å². The summed E-state index contributed by atoms with van der Waals surface area (Å²) < 4.78 is 2.40. The zero-order valence-electron chi connectivity index (χ0n) is 25.4. The summed E-state index contributed by atoms with van der Waals surface area (Å²) in [7, 11) is 0. The van der Waals surface area contributed by atoms with Crippen molar-refractivity contribution in [2.45, 2.75) is 19.3 Å². The lowest BCUT2D eigenvalue weighted by atomic mass is 9.82. The van der Waals surface area contributed by atoms with Crippen LogP contribution in [-0.2, 0) is 5.41 Å². The number of hydrogen-bond acceptors (Lipinski definition) is 1. The van der Waals surface area contributed by atoms with E-state index in [4.69, 9.17) is 0 Å². The van der Waals surface area contributed by atoms with Crippen molar-refractivity contribution in [2.75, 3.05) is 4.90 Å². The van der Waals surface area contributed by atoms with Crippen molar-refractivity contribution < 1.29 is 0 Å². The largest absolute Gasteiger partial charge is 0.310 e. The van der Waals surface area contributed by atoms with Crippen LogP contribution in [0.4, 0.5) is 17.1 Å². The van der Waals surface area contributed by atoms with Gasteiger partial charge in [-0.15, -0.1) is 0 Å². The van der Waals surface area contributed by atoms with Gasteiger partial charge in [0.25, 0.3) is 0 Å². The van der Waals surface area contributed by atoms with Gasteiger partial charge in [-0.3, -0.25) is 0 Å². The summed E-state index contributed by atoms with van der Waals surface area (Å²) in [5.41, 5.74) is 12.4. The highest BCUT2D eigenvalue weighted by Crippen LogP contribution is 2.50. The van der Waals surface area contributed by atoms with Crippen LogP contribution in [-0.4, -0.2) is 4.57 Å². The summed E-state index contributed by atoms with van der Waals surface area (Å²) in [6, 6.07) is 57.7. The first-order valence-corrected chi connectivity index (χ1v) is 15.7. The molecule has 0 fully saturated rings. The molecule has 2 heteroatoms. The summed E-state index contributed by atoms with van der Waals surface area (Å²) in [4.78, 5) is 2.40. The molecule has 0 aliphatic heterocycles. The Bertz CT molecular complexity index is 2410. The highest BCUT2D eigenvalue weighted by atomic mass is 15.1. The maximum Gasteiger partial charge on any atom is 0.0542 e. The summed E-state index contributed by atoms with van der Waals surface area (Å²) in [6.45, 7) is 4.68. The van der Waals surface area contributed by atoms with Crippen LogP contribution < -0.4 is 4.90 Å². The number of para-hydroxylation sites is 2. The van der Waals surface area contributed by atoms with E-state index in [1.165, 1.54) is 60.5 Å². The molecule has 7 aromatic carbocycles. The monoisotopic (exact) mass is 576 g/mol. The summed E-state index contributed by atoms with van der Waals surface area (Å²) >= 11 is 0. The predicted molar refractivity (Wildman–Crippen MR) is 191 cm³/mol. The fourth-order valence-electron chi connectivity index (χ4n) is 7.57. The lowest BCUT2D eigenvalue weighted by Crippen LogP contribution is -2.15. The van der Waals surface area contributed by atoms with E-state index in [0.29, 0.717) is 0 Å². The van der Waals surface area contributed by atoms with Crippen LogP contribution in [0.2, 0.25) is 0 Å². The standard InChI is InChI=1S/C43H32N2/c1-43(2)39-18-10-8-16-35(39)37-27-33(22-24-40(37)43)44(31-14-4-3-5-15-31)34-23-25-42-38(28-34)36-17-9-11-19-41(36)45(42)32-21-20-29-12-6-7-13-30(29)26-32/h3-28H,1-2H3. The van der Waals surface area contributed by atoms with E-state index in [1.54, 1.807) is 0 Å². The number of fused-ring (bicyclic) bond motifs is 7. The SMILES string of the molecule is CC1(C)c2ccccc2-c2cc(N(c3ccccc3)c3ccc4c(c3)c3ccccc3n4-c3ccc4ccccc4c3)ccc21. The van der Waals surface area contributed by atoms with Gasteiger partial charge in [0.05, 0.1) is 11.0 Å². The van der Waals surface area contributed by atoms with Gasteiger partial charge < -0.3 is 9.47 Å². The molecule has 9 rings (SSSR count). The Kier molecular flexibility index (Phi) is 5.58. The topological polar surface area (TPSA) is 8.17 Å². The average molecular weight is 577 g/mol. The molecule has 0 unspecified atom stereocenters. The van der Waals surface area contributed by atoms with E-state index in [2.05, 4.69) is 181 Å². The lowest BCUT2D eigenvalue weighted by molar-refractivity contribution is 0.660. The molecule has 1 aliphatic carbocycles. The van der Waals surface area contributed by atoms with E-state index >= 15 is 0 Å². The van der Waals surface area contributed by atoms with Crippen LogP contribution in [0.5, 0.6) is 0 Å². The third kappa shape index (κ3) is 3.89. The van der Waals surface area contributed by atoms with Gasteiger partial charge in [0.15, 0.2) is 0 Å². The van der Waals surface area contributed by atoms with Gasteiger partial charge in [-0.2, -0.15) is 0 Å². The Morgan fingerprint density at radius 1 is 0.444 bits per heavy atom. The maximum atomic E-state index is 2.40. The van der Waals surface area contributed by atoms with Crippen molar-refractivity contribution in [1.29, 1.82) is 0 Å². The molecule has 2 nitrogen and oxygen atoms in total. The Labute approximate surface area is 263 Å². The summed E-state index contributed by atoms with van der Waals surface area (Å²) in [5.74, 6) is 0. The van der Waals surface area contributed by atoms with Crippen LogP contribution in [0.3, 0.4) is 0 Å². The number of benzene rings is 7. The number of hydrogen-bond donors (Lipinski definition) is 0. The van der Waals surface area contributed by atoms with Gasteiger partial charge in [-0.25, -0.2) is 0 Å². The van der Waals surface area contributed by atoms with Crippen LogP contribution in [0.25, 0.3) is 49.4 Å². The lowest BCUT2D eigenvalue weighted by Gasteiger charge is -2.27. The average Bonchev–Trinajstić information content (AvgIpc) is 3.53. The maximum absolute atomic E-state index is 2.40. The first kappa shape index (κ1) is 25.9. The Hall–Kier alpha value is -5.60. The van der Waals surface area contributed by atoms with E-state index < -0.39 is 0 Å². The number of rotatable bonds is 4. The quantitative estimate of drug-likeness (QED) is 0.202. The smallest absolute Gasteiger partial charge is 0.0542 e. The molecule has 0 saturated carbocycles. The third-order valence-electron chi connectivity index (χ3n) is 9.75. The zero-order valence-corrected chi connectivity index (χ0v) is 25.4. The van der Waals surface area contributed by atoms with Crippen molar-refractivity contribution >= 4 is 49.6 Å². The van der Waals surface area contributed by atoms with Crippen molar-refractivity contribution in [3.8, 4) is 16.8 Å². The zero-order chi connectivity index (χ0) is 30.1. The molecule has 0 bridgehead atoms. The minimum absolute atomic E-state index is 0.0223. The van der Waals surface area contributed by atoms with Crippen molar-refractivity contribution in [2.24, 2.45) is 0 Å². The van der Waals surface area contributed by atoms with E-state index in [9.17, 15) is 0 Å². The second kappa shape index (κ2) is 9.70. The van der Waals surface area contributed by atoms with Crippen molar-refractivity contribution in [3.05, 3.63) is 169 Å². The predicted octanol–water partition coefficient (Wildman–Crippen LogP) is 11.7. The van der Waals surface area contributed by atoms with E-state index in [0.717, 1.165) is 17.1 Å². The molecule has 0 radical (unpaired) electrons. The molecule has 0 amide bonds. The number of anilines is 3. The normalized spacial score (nSPS) is 13.3. The fourth-order valence-corrected chi connectivity index (χ4v) is 7.57. The van der Waals surface area contributed by atoms with Crippen molar-refractivity contribution in [1.82, 2.24) is 4.57 Å². The highest BCUT2D eigenvalue weighted by Gasteiger charge is 2.35. The van der Waals surface area contributed by atoms with Gasteiger partial charge >= 0.3 is 0 Å². The number of nitrogens with zero attached hydrogens (tertiary/aromatic N) is 2. The van der Waals surface area contributed by atoms with E-state index in [-0.39, 0.29) is 5.41 Å². The highest BCUT2D eigenvalue weighted by molar-refractivity contribution is 6.11. The first-order valence-electron chi connectivity index (χ1n) is 15.7. The van der Waals surface area contributed by atoms with Gasteiger partial charge in [-0.05, 0) is 93.7 Å². The molecular formula is C43H32N2. The van der Waals surface area contributed by atoms with Crippen LogP contribution >= 0.6 is 0 Å². The summed E-state index contributed by atoms with van der Waals surface area (Å²) in [6.07, 6.45) is 0. The first-order chi connectivity index (χ1) is 22.1. The molecule has 0 spiro atoms. The molecule has 45 heavy (non-hydrogen) atoms. The number of aromatic nitrogens is 1.